The number of para-hydroxylation sites is 1. The quantitative estimate of drug-likeness (QED) is 0.607. The van der Waals surface area contributed by atoms with Crippen molar-refractivity contribution >= 4 is 22.6 Å². The second-order valence-electron chi connectivity index (χ2n) is 6.16. The molecule has 0 radical (unpaired) electrons. The van der Waals surface area contributed by atoms with E-state index in [1.165, 1.54) is 0 Å². The monoisotopic (exact) mass is 342 g/mol. The van der Waals surface area contributed by atoms with Crippen LogP contribution in [0.5, 0.6) is 0 Å². The van der Waals surface area contributed by atoms with E-state index in [1.807, 2.05) is 67.1 Å². The molecule has 0 aliphatic heterocycles. The van der Waals surface area contributed by atoms with Crippen molar-refractivity contribution in [2.75, 3.05) is 5.32 Å². The molecule has 4 aromatic rings. The molecule has 0 atom stereocenters. The Morgan fingerprint density at radius 1 is 1.04 bits per heavy atom. The number of anilines is 1. The van der Waals surface area contributed by atoms with E-state index in [4.69, 9.17) is 0 Å². The molecule has 26 heavy (non-hydrogen) atoms. The Balaban J connectivity index is 1.69. The molecule has 0 spiro atoms. The molecule has 3 heterocycles. The number of amides is 1. The maximum absolute atomic E-state index is 12.9. The highest BCUT2D eigenvalue weighted by atomic mass is 16.1. The molecule has 0 bridgehead atoms. The summed E-state index contributed by atoms with van der Waals surface area (Å²) in [6.07, 6.45) is 5.21. The number of aryl methyl sites for hydroxylation is 1. The average molecular weight is 342 g/mol. The molecule has 3 aromatic heterocycles. The van der Waals surface area contributed by atoms with E-state index < -0.39 is 0 Å². The van der Waals surface area contributed by atoms with Gasteiger partial charge in [-0.1, -0.05) is 24.3 Å². The van der Waals surface area contributed by atoms with E-state index in [-0.39, 0.29) is 5.91 Å². The van der Waals surface area contributed by atoms with E-state index in [9.17, 15) is 4.79 Å². The van der Waals surface area contributed by atoms with Gasteiger partial charge >= 0.3 is 0 Å². The molecule has 0 aliphatic carbocycles. The molecule has 128 valence electrons. The van der Waals surface area contributed by atoms with E-state index in [0.717, 1.165) is 27.7 Å². The molecular formula is C21H18N4O. The van der Waals surface area contributed by atoms with E-state index in [0.29, 0.717) is 11.4 Å². The van der Waals surface area contributed by atoms with Crippen LogP contribution in [0.1, 0.15) is 16.1 Å². The van der Waals surface area contributed by atoms with Gasteiger partial charge in [0.25, 0.3) is 5.91 Å². The first-order valence-electron chi connectivity index (χ1n) is 8.37. The predicted molar refractivity (Wildman–Crippen MR) is 103 cm³/mol. The third-order valence-electron chi connectivity index (χ3n) is 4.62. The standard InChI is InChI=1S/C21H18N4O/c1-14-20(17-7-3-4-8-18(17)25(14)2)21(26)24-19-12-15(9-11-23-19)16-6-5-10-22-13-16/h3-13H,1-2H3,(H,23,24,26). The van der Waals surface area contributed by atoms with Crippen LogP contribution >= 0.6 is 0 Å². The highest BCUT2D eigenvalue weighted by Gasteiger charge is 2.18. The number of rotatable bonds is 3. The second-order valence-corrected chi connectivity index (χ2v) is 6.16. The summed E-state index contributed by atoms with van der Waals surface area (Å²) in [6.45, 7) is 1.95. The Morgan fingerprint density at radius 2 is 1.88 bits per heavy atom. The van der Waals surface area contributed by atoms with E-state index in [1.54, 1.807) is 18.6 Å². The average Bonchev–Trinajstić information content (AvgIpc) is 2.94. The zero-order valence-corrected chi connectivity index (χ0v) is 14.6. The van der Waals surface area contributed by atoms with Gasteiger partial charge in [0.1, 0.15) is 5.82 Å². The number of hydrogen-bond donors (Lipinski definition) is 1. The molecule has 5 nitrogen and oxygen atoms in total. The van der Waals surface area contributed by atoms with Gasteiger partial charge in [-0.2, -0.15) is 0 Å². The molecule has 5 heteroatoms. The lowest BCUT2D eigenvalue weighted by Gasteiger charge is -2.07. The topological polar surface area (TPSA) is 59.8 Å². The van der Waals surface area contributed by atoms with Crippen LogP contribution in [0.3, 0.4) is 0 Å². The van der Waals surface area contributed by atoms with Gasteiger partial charge in [0, 0.05) is 47.8 Å². The number of pyridine rings is 2. The fourth-order valence-corrected chi connectivity index (χ4v) is 3.20. The predicted octanol–water partition coefficient (Wildman–Crippen LogP) is 4.20. The SMILES string of the molecule is Cc1c(C(=O)Nc2cc(-c3cccnc3)ccn2)c2ccccc2n1C. The summed E-state index contributed by atoms with van der Waals surface area (Å²) in [6, 6.07) is 15.5. The summed E-state index contributed by atoms with van der Waals surface area (Å²) >= 11 is 0. The van der Waals surface area contributed by atoms with Gasteiger partial charge in [0.2, 0.25) is 0 Å². The van der Waals surface area contributed by atoms with Crippen molar-refractivity contribution in [2.24, 2.45) is 7.05 Å². The van der Waals surface area contributed by atoms with Crippen molar-refractivity contribution in [1.82, 2.24) is 14.5 Å². The molecule has 1 amide bonds. The number of fused-ring (bicyclic) bond motifs is 1. The minimum atomic E-state index is -0.157. The van der Waals surface area contributed by atoms with E-state index >= 15 is 0 Å². The van der Waals surface area contributed by atoms with Crippen LogP contribution in [0, 0.1) is 6.92 Å². The zero-order valence-electron chi connectivity index (χ0n) is 14.6. The molecule has 0 saturated carbocycles. The summed E-state index contributed by atoms with van der Waals surface area (Å²) in [7, 11) is 1.97. The molecule has 0 aliphatic rings. The molecule has 0 saturated heterocycles. The van der Waals surface area contributed by atoms with Crippen LogP contribution < -0.4 is 5.32 Å². The van der Waals surface area contributed by atoms with Gasteiger partial charge < -0.3 is 9.88 Å². The molecule has 1 aromatic carbocycles. The lowest BCUT2D eigenvalue weighted by molar-refractivity contribution is 0.102. The highest BCUT2D eigenvalue weighted by molar-refractivity contribution is 6.14. The number of carbonyl (C=O) groups is 1. The molecular weight excluding hydrogens is 324 g/mol. The smallest absolute Gasteiger partial charge is 0.259 e. The Kier molecular flexibility index (Phi) is 3.97. The summed E-state index contributed by atoms with van der Waals surface area (Å²) in [5.41, 5.74) is 4.57. The maximum Gasteiger partial charge on any atom is 0.259 e. The number of benzene rings is 1. The first kappa shape index (κ1) is 16.0. The minimum Gasteiger partial charge on any atom is -0.347 e. The summed E-state index contributed by atoms with van der Waals surface area (Å²) in [4.78, 5) is 21.4. The van der Waals surface area contributed by atoms with Crippen LogP contribution in [0.2, 0.25) is 0 Å². The van der Waals surface area contributed by atoms with Crippen LogP contribution in [-0.2, 0) is 7.05 Å². The highest BCUT2D eigenvalue weighted by Crippen LogP contribution is 2.26. The van der Waals surface area contributed by atoms with E-state index in [2.05, 4.69) is 15.3 Å². The Hall–Kier alpha value is -3.47. The number of carbonyl (C=O) groups excluding carboxylic acids is 1. The fourth-order valence-electron chi connectivity index (χ4n) is 3.20. The number of hydrogen-bond acceptors (Lipinski definition) is 3. The first-order valence-corrected chi connectivity index (χ1v) is 8.37. The molecule has 1 N–H and O–H groups in total. The summed E-state index contributed by atoms with van der Waals surface area (Å²) < 4.78 is 2.03. The largest absolute Gasteiger partial charge is 0.347 e. The van der Waals surface area contributed by atoms with Gasteiger partial charge in [-0.15, -0.1) is 0 Å². The van der Waals surface area contributed by atoms with Crippen molar-refractivity contribution < 1.29 is 4.79 Å². The lowest BCUT2D eigenvalue weighted by atomic mass is 10.1. The number of aromatic nitrogens is 3. The maximum atomic E-state index is 12.9. The second kappa shape index (κ2) is 6.44. The van der Waals surface area contributed by atoms with Crippen LogP contribution in [0.15, 0.2) is 67.1 Å². The van der Waals surface area contributed by atoms with Crippen molar-refractivity contribution in [1.29, 1.82) is 0 Å². The lowest BCUT2D eigenvalue weighted by Crippen LogP contribution is -2.14. The number of nitrogens with one attached hydrogen (secondary N) is 1. The van der Waals surface area contributed by atoms with Crippen LogP contribution in [-0.4, -0.2) is 20.4 Å². The van der Waals surface area contributed by atoms with Crippen molar-refractivity contribution in [3.8, 4) is 11.1 Å². The Labute approximate surface area is 151 Å². The zero-order chi connectivity index (χ0) is 18.1. The fraction of sp³-hybridized carbons (Fsp3) is 0.0952. The van der Waals surface area contributed by atoms with Crippen molar-refractivity contribution in [3.63, 3.8) is 0 Å². The normalized spacial score (nSPS) is 10.8. The van der Waals surface area contributed by atoms with Gasteiger partial charge in [0.05, 0.1) is 5.56 Å². The minimum absolute atomic E-state index is 0.157. The summed E-state index contributed by atoms with van der Waals surface area (Å²) in [5.74, 6) is 0.360. The number of nitrogens with zero attached hydrogens (tertiary/aromatic N) is 3. The molecule has 4 rings (SSSR count). The Morgan fingerprint density at radius 3 is 2.69 bits per heavy atom. The van der Waals surface area contributed by atoms with Gasteiger partial charge in [-0.25, -0.2) is 4.98 Å². The molecule has 0 fully saturated rings. The molecule has 0 unspecified atom stereocenters. The Bertz CT molecular complexity index is 1100. The third-order valence-corrected chi connectivity index (χ3v) is 4.62. The van der Waals surface area contributed by atoms with Crippen LogP contribution in [0.4, 0.5) is 5.82 Å². The van der Waals surface area contributed by atoms with Gasteiger partial charge in [-0.3, -0.25) is 9.78 Å². The third kappa shape index (κ3) is 2.73. The first-order chi connectivity index (χ1) is 12.6. The van der Waals surface area contributed by atoms with Crippen molar-refractivity contribution in [2.45, 2.75) is 6.92 Å². The van der Waals surface area contributed by atoms with Gasteiger partial charge in [-0.05, 0) is 36.8 Å². The van der Waals surface area contributed by atoms with Gasteiger partial charge in [0.15, 0.2) is 0 Å². The summed E-state index contributed by atoms with van der Waals surface area (Å²) in [5, 5.41) is 3.87. The van der Waals surface area contributed by atoms with Crippen LogP contribution in [0.25, 0.3) is 22.0 Å². The van der Waals surface area contributed by atoms with Crippen molar-refractivity contribution in [3.05, 3.63) is 78.4 Å².